The molecule has 7 rings (SSSR count). The van der Waals surface area contributed by atoms with Gasteiger partial charge in [-0.3, -0.25) is 48.0 Å². The molecule has 7 amide bonds. The number of alkyl halides is 3. The van der Waals surface area contributed by atoms with Crippen molar-refractivity contribution in [1.29, 1.82) is 0 Å². The molecule has 8 N–H and O–H groups in total. The van der Waals surface area contributed by atoms with Gasteiger partial charge in [0.15, 0.2) is 9.84 Å². The van der Waals surface area contributed by atoms with E-state index in [1.807, 2.05) is 18.2 Å². The summed E-state index contributed by atoms with van der Waals surface area (Å²) in [5.74, 6) is -5.62. The average molecular weight is 1030 g/mol. The third-order valence-electron chi connectivity index (χ3n) is 13.9. The van der Waals surface area contributed by atoms with Crippen LogP contribution in [-0.4, -0.2) is 129 Å². The standard InChI is InChI=1S/C45H59N9O10S.C2HF3O2/c1-51-37-23-27(9-16-34(37)54(45(51)62)36-18-20-39(56)50-42(36)59)4-3-26-5-10-29(11-6-26)43(60)52-22-21-30-12-17-35(53(30)44(61)32(46)25-52)41(58)49-33(15-19-38(47)55)40(57)48-24-28-7-13-31(14-8-28)65(2,63)64;3-2(4,5)1(6)7/h7-9,13-14,16,23,26,29-30,32-33,35-36H,3-6,10-12,15,17-22,24-25,46H2,1-2H3,(H2,47,55)(H,48,57)(H,49,58)(H,50,56,59);(H,6,7)/t26?,29?,30-,32+,33+,35+,36?;/m1./s1. The lowest BCUT2D eigenvalue weighted by Crippen LogP contribution is -2.60. The number of carbonyl (C=O) groups is 8. The molecule has 2 aromatic carbocycles. The van der Waals surface area contributed by atoms with E-state index in [0.717, 1.165) is 43.0 Å². The smallest absolute Gasteiger partial charge is 0.475 e. The predicted octanol–water partition coefficient (Wildman–Crippen LogP) is 1.08. The van der Waals surface area contributed by atoms with Crippen molar-refractivity contribution < 1.29 is 65.1 Å². The Morgan fingerprint density at radius 1 is 0.903 bits per heavy atom. The average Bonchev–Trinajstić information content (AvgIpc) is 3.85. The minimum Gasteiger partial charge on any atom is -0.475 e. The SMILES string of the molecule is Cn1c(=O)n(C2CCC(=O)NC2=O)c2ccc(CCC3CCC(C(=O)N4CC[C@H]5CC[C@@H](C(=O)N[C@@H](CCC(N)=O)C(=O)NCc6ccc(S(C)(=O)=O)cc6)N5C(=O)[C@@H](N)C4)CC3)cc21.O=C(O)C(F)(F)F. The first kappa shape index (κ1) is 54.7. The Bertz CT molecular complexity index is 2750. The number of benzene rings is 2. The molecule has 0 radical (unpaired) electrons. The van der Waals surface area contributed by atoms with Gasteiger partial charge < -0.3 is 37.0 Å². The van der Waals surface area contributed by atoms with Crippen molar-refractivity contribution >= 4 is 68.2 Å². The Hall–Kier alpha value is -6.63. The molecule has 1 saturated carbocycles. The van der Waals surface area contributed by atoms with E-state index in [1.165, 1.54) is 26.2 Å². The summed E-state index contributed by atoms with van der Waals surface area (Å²) in [7, 11) is -1.72. The van der Waals surface area contributed by atoms with Crippen LogP contribution >= 0.6 is 0 Å². The maximum absolute atomic E-state index is 14.0. The van der Waals surface area contributed by atoms with Gasteiger partial charge in [-0.2, -0.15) is 13.2 Å². The van der Waals surface area contributed by atoms with Gasteiger partial charge in [0.05, 0.1) is 15.9 Å². The molecule has 3 aromatic rings. The van der Waals surface area contributed by atoms with Crippen LogP contribution < -0.4 is 33.1 Å². The lowest BCUT2D eigenvalue weighted by Gasteiger charge is -2.39. The van der Waals surface area contributed by atoms with Crippen LogP contribution in [0.15, 0.2) is 52.2 Å². The summed E-state index contributed by atoms with van der Waals surface area (Å²) in [4.78, 5) is 116. The molecule has 392 valence electrons. The fourth-order valence-corrected chi connectivity index (χ4v) is 10.6. The molecular weight excluding hydrogens is 972 g/mol. The molecule has 5 atom stereocenters. The normalized spacial score (nSPS) is 23.2. The van der Waals surface area contributed by atoms with Crippen LogP contribution in [0.2, 0.25) is 0 Å². The van der Waals surface area contributed by atoms with Crippen molar-refractivity contribution in [1.82, 2.24) is 34.9 Å². The number of carbonyl (C=O) groups excluding carboxylic acids is 7. The lowest BCUT2D eigenvalue weighted by molar-refractivity contribution is -0.192. The monoisotopic (exact) mass is 1030 g/mol. The Kier molecular flexibility index (Phi) is 17.4. The molecule has 3 aliphatic heterocycles. The van der Waals surface area contributed by atoms with E-state index < -0.39 is 75.7 Å². The topological polar surface area (TPSA) is 312 Å². The molecule has 4 heterocycles. The maximum atomic E-state index is 14.0. The molecule has 0 bridgehead atoms. The number of imide groups is 1. The quantitative estimate of drug-likeness (QED) is 0.123. The Labute approximate surface area is 412 Å². The van der Waals surface area contributed by atoms with E-state index >= 15 is 0 Å². The fourth-order valence-electron chi connectivity index (χ4n) is 9.97. The summed E-state index contributed by atoms with van der Waals surface area (Å²) in [5, 5.41) is 14.9. The van der Waals surface area contributed by atoms with Crippen LogP contribution in [0.25, 0.3) is 11.0 Å². The zero-order chi connectivity index (χ0) is 52.8. The number of aromatic nitrogens is 2. The van der Waals surface area contributed by atoms with Gasteiger partial charge in [-0.25, -0.2) is 18.0 Å². The molecule has 21 nitrogen and oxygen atoms in total. The molecule has 4 aliphatic rings. The highest BCUT2D eigenvalue weighted by Gasteiger charge is 2.45. The Balaban J connectivity index is 0.00000113. The van der Waals surface area contributed by atoms with Crippen LogP contribution in [0.5, 0.6) is 0 Å². The van der Waals surface area contributed by atoms with Gasteiger partial charge in [0.1, 0.15) is 24.2 Å². The second-order valence-electron chi connectivity index (χ2n) is 18.9. The first-order chi connectivity index (χ1) is 33.8. The zero-order valence-corrected chi connectivity index (χ0v) is 40.6. The number of hydrogen-bond donors (Lipinski definition) is 6. The number of hydrogen-bond acceptors (Lipinski definition) is 12. The first-order valence-corrected chi connectivity index (χ1v) is 25.6. The molecule has 1 aliphatic carbocycles. The number of primary amides is 1. The van der Waals surface area contributed by atoms with Gasteiger partial charge in [0.25, 0.3) is 0 Å². The van der Waals surface area contributed by atoms with Crippen molar-refractivity contribution in [2.24, 2.45) is 30.4 Å². The minimum absolute atomic E-state index is 0.0141. The van der Waals surface area contributed by atoms with E-state index in [9.17, 15) is 59.9 Å². The van der Waals surface area contributed by atoms with E-state index in [2.05, 4.69) is 16.0 Å². The number of carboxylic acid groups (broad SMARTS) is 1. The van der Waals surface area contributed by atoms with E-state index in [-0.39, 0.29) is 73.1 Å². The lowest BCUT2D eigenvalue weighted by atomic mass is 9.79. The number of aryl methyl sites for hydroxylation is 2. The van der Waals surface area contributed by atoms with Crippen LogP contribution in [0, 0.1) is 11.8 Å². The van der Waals surface area contributed by atoms with Gasteiger partial charge in [-0.1, -0.05) is 18.2 Å². The van der Waals surface area contributed by atoms with Crippen molar-refractivity contribution in [2.75, 3.05) is 19.3 Å². The number of nitrogens with two attached hydrogens (primary N) is 2. The number of imidazole rings is 1. The van der Waals surface area contributed by atoms with Crippen LogP contribution in [-0.2, 0) is 68.2 Å². The van der Waals surface area contributed by atoms with E-state index in [4.69, 9.17) is 21.4 Å². The number of carboxylic acids is 1. The predicted molar refractivity (Wildman–Crippen MR) is 251 cm³/mol. The third kappa shape index (κ3) is 13.3. The summed E-state index contributed by atoms with van der Waals surface area (Å²) < 4.78 is 58.4. The molecule has 1 unspecified atom stereocenters. The minimum atomic E-state index is -5.08. The van der Waals surface area contributed by atoms with Crippen molar-refractivity contribution in [2.45, 2.75) is 131 Å². The number of aliphatic carboxylic acids is 1. The van der Waals surface area contributed by atoms with Crippen molar-refractivity contribution in [3.05, 3.63) is 64.1 Å². The molecule has 1 aromatic heterocycles. The van der Waals surface area contributed by atoms with Gasteiger partial charge in [0, 0.05) is 57.7 Å². The van der Waals surface area contributed by atoms with Crippen LogP contribution in [0.4, 0.5) is 13.2 Å². The first-order valence-electron chi connectivity index (χ1n) is 23.7. The summed E-state index contributed by atoms with van der Waals surface area (Å²) in [5.41, 5.74) is 14.6. The van der Waals surface area contributed by atoms with Gasteiger partial charge >= 0.3 is 17.8 Å². The van der Waals surface area contributed by atoms with E-state index in [0.29, 0.717) is 55.6 Å². The number of fused-ring (bicyclic) bond motifs is 2. The number of nitrogens with zero attached hydrogens (tertiary/aromatic N) is 4. The van der Waals surface area contributed by atoms with Gasteiger partial charge in [-0.15, -0.1) is 0 Å². The van der Waals surface area contributed by atoms with Crippen molar-refractivity contribution in [3.63, 3.8) is 0 Å². The molecule has 0 spiro atoms. The fraction of sp³-hybridized carbons (Fsp3) is 0.553. The summed E-state index contributed by atoms with van der Waals surface area (Å²) in [6.45, 7) is 0.421. The number of piperidine rings is 1. The summed E-state index contributed by atoms with van der Waals surface area (Å²) in [6, 6.07) is 7.62. The highest BCUT2D eigenvalue weighted by atomic mass is 32.2. The van der Waals surface area contributed by atoms with E-state index in [1.54, 1.807) is 24.1 Å². The number of nitrogens with one attached hydrogen (secondary N) is 3. The molecule has 72 heavy (non-hydrogen) atoms. The Morgan fingerprint density at radius 3 is 2.17 bits per heavy atom. The van der Waals surface area contributed by atoms with Crippen LogP contribution in [0.1, 0.15) is 94.2 Å². The summed E-state index contributed by atoms with van der Waals surface area (Å²) >= 11 is 0. The second-order valence-corrected chi connectivity index (χ2v) is 20.9. The highest BCUT2D eigenvalue weighted by Crippen LogP contribution is 2.35. The third-order valence-corrected chi connectivity index (χ3v) is 15.1. The Morgan fingerprint density at radius 2 is 1.56 bits per heavy atom. The van der Waals surface area contributed by atoms with Gasteiger partial charge in [-0.05, 0) is 112 Å². The molecule has 4 fully saturated rings. The highest BCUT2D eigenvalue weighted by molar-refractivity contribution is 7.90. The second kappa shape index (κ2) is 22.8. The molecule has 3 saturated heterocycles. The largest absolute Gasteiger partial charge is 0.490 e. The molecular formula is C47H60F3N9O12S. The summed E-state index contributed by atoms with van der Waals surface area (Å²) in [6.07, 6.45) is 2.32. The van der Waals surface area contributed by atoms with Gasteiger partial charge in [0.2, 0.25) is 41.4 Å². The zero-order valence-electron chi connectivity index (χ0n) is 39.8. The number of halogens is 3. The number of amides is 7. The number of rotatable bonds is 14. The van der Waals surface area contributed by atoms with Crippen molar-refractivity contribution in [3.8, 4) is 0 Å². The molecule has 25 heteroatoms. The van der Waals surface area contributed by atoms with Crippen LogP contribution in [0.3, 0.4) is 0 Å². The maximum Gasteiger partial charge on any atom is 0.490 e. The number of sulfone groups is 1.